The van der Waals surface area contributed by atoms with E-state index in [1.54, 1.807) is 0 Å². The summed E-state index contributed by atoms with van der Waals surface area (Å²) in [5.74, 6) is -3.13. The fraction of sp³-hybridized carbons (Fsp3) is 0.571. The van der Waals surface area contributed by atoms with Crippen LogP contribution in [0, 0.1) is 23.7 Å². The third-order valence-electron chi connectivity index (χ3n) is 6.38. The number of allylic oxidation sites excluding steroid dienone is 2. The maximum atomic E-state index is 13.2. The molecule has 0 aliphatic heterocycles. The van der Waals surface area contributed by atoms with E-state index in [1.165, 1.54) is 18.4 Å². The minimum Gasteiger partial charge on any atom is -0.481 e. The zero-order chi connectivity index (χ0) is 19.8. The molecule has 4 atom stereocenters. The molecule has 0 saturated heterocycles. The van der Waals surface area contributed by atoms with Crippen LogP contribution in [0.15, 0.2) is 12.2 Å². The number of fused-ring (bicyclic) bond motifs is 3. The van der Waals surface area contributed by atoms with Gasteiger partial charge in [-0.2, -0.15) is 0 Å². The fourth-order valence-electron chi connectivity index (χ4n) is 5.03. The Morgan fingerprint density at radius 3 is 2.39 bits per heavy atom. The van der Waals surface area contributed by atoms with Gasteiger partial charge in [-0.25, -0.2) is 4.79 Å². The van der Waals surface area contributed by atoms with Gasteiger partial charge in [-0.1, -0.05) is 18.6 Å². The number of aliphatic carboxylic acids is 1. The molecule has 5 rings (SSSR count). The highest BCUT2D eigenvalue weighted by molar-refractivity contribution is 7.17. The van der Waals surface area contributed by atoms with Gasteiger partial charge >= 0.3 is 11.9 Å². The molecule has 7 heteroatoms. The van der Waals surface area contributed by atoms with Crippen LogP contribution in [-0.4, -0.2) is 30.1 Å². The Balaban J connectivity index is 1.65. The second-order valence-corrected chi connectivity index (χ2v) is 9.03. The van der Waals surface area contributed by atoms with E-state index in [9.17, 15) is 19.5 Å². The molecular formula is C21H25NO5S. The van der Waals surface area contributed by atoms with E-state index in [2.05, 4.69) is 5.32 Å². The van der Waals surface area contributed by atoms with Crippen LogP contribution in [0.3, 0.4) is 0 Å². The second-order valence-electron chi connectivity index (χ2n) is 7.93. The van der Waals surface area contributed by atoms with E-state index in [0.29, 0.717) is 10.6 Å². The molecule has 1 fully saturated rings. The molecule has 0 unspecified atom stereocenters. The Morgan fingerprint density at radius 2 is 1.75 bits per heavy atom. The summed E-state index contributed by atoms with van der Waals surface area (Å²) in [6.07, 6.45) is 10.5. The molecule has 4 aliphatic carbocycles. The summed E-state index contributed by atoms with van der Waals surface area (Å²) < 4.78 is 4.99. The van der Waals surface area contributed by atoms with Crippen LogP contribution in [-0.2, 0) is 27.2 Å². The number of esters is 1. The molecule has 2 N–H and O–H groups in total. The number of rotatable bonds is 4. The Kier molecular flexibility index (Phi) is 5.27. The number of ether oxygens (including phenoxy) is 1. The van der Waals surface area contributed by atoms with E-state index in [1.807, 2.05) is 12.2 Å². The van der Waals surface area contributed by atoms with Gasteiger partial charge in [0.2, 0.25) is 5.91 Å². The van der Waals surface area contributed by atoms with Crippen molar-refractivity contribution < 1.29 is 24.2 Å². The second kappa shape index (κ2) is 7.70. The molecule has 1 aromatic heterocycles. The van der Waals surface area contributed by atoms with Crippen molar-refractivity contribution in [3.63, 3.8) is 0 Å². The summed E-state index contributed by atoms with van der Waals surface area (Å²) in [6, 6.07) is 0. The van der Waals surface area contributed by atoms with Crippen LogP contribution in [0.1, 0.15) is 52.9 Å². The fourth-order valence-corrected chi connectivity index (χ4v) is 6.31. The van der Waals surface area contributed by atoms with E-state index in [0.717, 1.165) is 55.4 Å². The lowest BCUT2D eigenvalue weighted by Crippen LogP contribution is -2.47. The Bertz CT molecular complexity index is 842. The first kappa shape index (κ1) is 19.2. The molecule has 150 valence electrons. The van der Waals surface area contributed by atoms with E-state index < -0.39 is 23.8 Å². The van der Waals surface area contributed by atoms with E-state index >= 15 is 0 Å². The van der Waals surface area contributed by atoms with Crippen LogP contribution in [0.25, 0.3) is 0 Å². The number of carboxylic acids is 1. The molecule has 1 saturated carbocycles. The first-order chi connectivity index (χ1) is 13.5. The number of carboxylic acid groups (broad SMARTS) is 1. The summed E-state index contributed by atoms with van der Waals surface area (Å²) in [6.45, 7) is 0. The third-order valence-corrected chi connectivity index (χ3v) is 7.59. The monoisotopic (exact) mass is 403 g/mol. The number of amides is 1. The standard InChI is InChI=1S/C21H25NO5S/c1-27-21(26)17-13-5-3-2-4-6-14(13)28-19(17)22-18(23)15-11-7-9-12(10-8-11)16(15)20(24)25/h7,9,11-12,15-16H,2-6,8,10H2,1H3,(H,22,23)(H,24,25)/t11-,12-,15-,16+/m0/s1. The number of carbonyl (C=O) groups is 3. The summed E-state index contributed by atoms with van der Waals surface area (Å²) >= 11 is 1.44. The largest absolute Gasteiger partial charge is 0.481 e. The van der Waals surface area contributed by atoms with Crippen molar-refractivity contribution in [3.8, 4) is 0 Å². The van der Waals surface area contributed by atoms with Crippen molar-refractivity contribution in [1.82, 2.24) is 0 Å². The summed E-state index contributed by atoms with van der Waals surface area (Å²) in [7, 11) is 1.35. The average Bonchev–Trinajstić information content (AvgIpc) is 2.87. The first-order valence-corrected chi connectivity index (χ1v) is 10.8. The van der Waals surface area contributed by atoms with Crippen LogP contribution in [0.5, 0.6) is 0 Å². The summed E-state index contributed by atoms with van der Waals surface area (Å²) in [5.41, 5.74) is 1.45. The number of thiophene rings is 1. The normalized spacial score (nSPS) is 28.3. The third kappa shape index (κ3) is 3.26. The maximum Gasteiger partial charge on any atom is 0.341 e. The van der Waals surface area contributed by atoms with E-state index in [4.69, 9.17) is 4.74 Å². The molecule has 2 bridgehead atoms. The van der Waals surface area contributed by atoms with Crippen LogP contribution in [0.2, 0.25) is 0 Å². The number of hydrogen-bond donors (Lipinski definition) is 2. The van der Waals surface area contributed by atoms with Gasteiger partial charge in [-0.3, -0.25) is 9.59 Å². The number of anilines is 1. The zero-order valence-corrected chi connectivity index (χ0v) is 16.7. The van der Waals surface area contributed by atoms with Gasteiger partial charge in [0.15, 0.2) is 0 Å². The van der Waals surface area contributed by atoms with Crippen LogP contribution in [0.4, 0.5) is 5.00 Å². The number of carbonyl (C=O) groups excluding carboxylic acids is 2. The molecule has 1 heterocycles. The van der Waals surface area contributed by atoms with Gasteiger partial charge in [-0.15, -0.1) is 11.3 Å². The quantitative estimate of drug-likeness (QED) is 0.455. The van der Waals surface area contributed by atoms with Gasteiger partial charge in [0.1, 0.15) is 5.00 Å². The predicted octanol–water partition coefficient (Wildman–Crippen LogP) is 3.66. The molecule has 6 nitrogen and oxygen atoms in total. The lowest BCUT2D eigenvalue weighted by atomic mass is 9.62. The van der Waals surface area contributed by atoms with Crippen molar-refractivity contribution in [2.45, 2.75) is 44.9 Å². The molecule has 28 heavy (non-hydrogen) atoms. The number of hydrogen-bond acceptors (Lipinski definition) is 5. The average molecular weight is 404 g/mol. The molecule has 1 aromatic rings. The topological polar surface area (TPSA) is 92.7 Å². The van der Waals surface area contributed by atoms with Gasteiger partial charge in [0, 0.05) is 4.88 Å². The Labute approximate surface area is 168 Å². The van der Waals surface area contributed by atoms with Crippen molar-refractivity contribution in [2.75, 3.05) is 12.4 Å². The smallest absolute Gasteiger partial charge is 0.341 e. The zero-order valence-electron chi connectivity index (χ0n) is 15.9. The Hall–Kier alpha value is -2.15. The minimum absolute atomic E-state index is 0.0644. The highest BCUT2D eigenvalue weighted by Gasteiger charge is 2.48. The Morgan fingerprint density at radius 1 is 1.07 bits per heavy atom. The highest BCUT2D eigenvalue weighted by atomic mass is 32.1. The molecule has 1 amide bonds. The van der Waals surface area contributed by atoms with Gasteiger partial charge in [0.05, 0.1) is 24.5 Å². The van der Waals surface area contributed by atoms with Crippen molar-refractivity contribution in [1.29, 1.82) is 0 Å². The van der Waals surface area contributed by atoms with Gasteiger partial charge in [-0.05, 0) is 55.9 Å². The minimum atomic E-state index is -0.922. The van der Waals surface area contributed by atoms with Gasteiger partial charge in [0.25, 0.3) is 0 Å². The number of methoxy groups -OCH3 is 1. The van der Waals surface area contributed by atoms with Crippen LogP contribution >= 0.6 is 11.3 Å². The molecule has 0 aromatic carbocycles. The molecular weight excluding hydrogens is 378 g/mol. The molecule has 0 spiro atoms. The number of nitrogens with one attached hydrogen (secondary N) is 1. The lowest BCUT2D eigenvalue weighted by Gasteiger charge is -2.41. The molecule has 4 aliphatic rings. The van der Waals surface area contributed by atoms with Crippen LogP contribution < -0.4 is 5.32 Å². The maximum absolute atomic E-state index is 13.2. The van der Waals surface area contributed by atoms with Crippen molar-refractivity contribution in [2.24, 2.45) is 23.7 Å². The number of aryl methyl sites for hydroxylation is 1. The van der Waals surface area contributed by atoms with Crippen molar-refractivity contribution in [3.05, 3.63) is 28.2 Å². The summed E-state index contributed by atoms with van der Waals surface area (Å²) in [4.78, 5) is 38.6. The highest BCUT2D eigenvalue weighted by Crippen LogP contribution is 2.46. The summed E-state index contributed by atoms with van der Waals surface area (Å²) in [5, 5.41) is 13.1. The SMILES string of the molecule is COC(=O)c1c(NC(=O)[C@@H]2[C@H](C(=O)O)[C@H]3C=C[C@H]2CC3)sc2c1CCCCC2. The van der Waals surface area contributed by atoms with Crippen molar-refractivity contribution >= 4 is 34.2 Å². The van der Waals surface area contributed by atoms with Gasteiger partial charge < -0.3 is 15.2 Å². The van der Waals surface area contributed by atoms with E-state index in [-0.39, 0.29) is 17.7 Å². The first-order valence-electron chi connectivity index (χ1n) is 9.96. The molecule has 0 radical (unpaired) electrons. The lowest BCUT2D eigenvalue weighted by molar-refractivity contribution is -0.151. The predicted molar refractivity (Wildman–Crippen MR) is 106 cm³/mol.